The molecule has 0 bridgehead atoms. The van der Waals surface area contributed by atoms with E-state index in [2.05, 4.69) is 0 Å². The highest BCUT2D eigenvalue weighted by Crippen LogP contribution is 2.31. The van der Waals surface area contributed by atoms with E-state index in [1.54, 1.807) is 23.5 Å². The molecule has 1 heterocycles. The Morgan fingerprint density at radius 1 is 1.10 bits per heavy atom. The molecule has 0 amide bonds. The molecule has 0 saturated heterocycles. The highest BCUT2D eigenvalue weighted by Gasteiger charge is 2.11. The lowest BCUT2D eigenvalue weighted by molar-refractivity contribution is 0.630. The van der Waals surface area contributed by atoms with Crippen molar-refractivity contribution in [1.29, 1.82) is 0 Å². The van der Waals surface area contributed by atoms with Crippen LogP contribution in [0, 0.1) is 5.82 Å². The van der Waals surface area contributed by atoms with Crippen molar-refractivity contribution in [3.05, 3.63) is 69.8 Å². The Morgan fingerprint density at radius 2 is 1.85 bits per heavy atom. The van der Waals surface area contributed by atoms with Crippen molar-refractivity contribution >= 4 is 33.0 Å². The van der Waals surface area contributed by atoms with Gasteiger partial charge < -0.3 is 5.73 Å². The summed E-state index contributed by atoms with van der Waals surface area (Å²) in [7, 11) is 0. The van der Waals surface area contributed by atoms with Gasteiger partial charge in [-0.1, -0.05) is 29.8 Å². The highest BCUT2D eigenvalue weighted by molar-refractivity contribution is 7.19. The van der Waals surface area contributed by atoms with Gasteiger partial charge in [0.1, 0.15) is 5.82 Å². The van der Waals surface area contributed by atoms with Gasteiger partial charge >= 0.3 is 0 Å². The van der Waals surface area contributed by atoms with Crippen LogP contribution in [0.3, 0.4) is 0 Å². The van der Waals surface area contributed by atoms with Crippen LogP contribution < -0.4 is 5.73 Å². The Kier molecular flexibility index (Phi) is 3.74. The average Bonchev–Trinajstić information content (AvgIpc) is 2.84. The van der Waals surface area contributed by atoms with E-state index < -0.39 is 0 Å². The topological polar surface area (TPSA) is 26.0 Å². The maximum Gasteiger partial charge on any atom is 0.124 e. The number of fused-ring (bicyclic) bond motifs is 1. The quantitative estimate of drug-likeness (QED) is 0.729. The zero-order chi connectivity index (χ0) is 14.1. The van der Waals surface area contributed by atoms with Gasteiger partial charge in [-0.15, -0.1) is 11.3 Å². The zero-order valence-corrected chi connectivity index (χ0v) is 12.2. The molecule has 1 atom stereocenters. The minimum atomic E-state index is -0.211. The lowest BCUT2D eigenvalue weighted by atomic mass is 10.1. The highest BCUT2D eigenvalue weighted by atomic mass is 35.5. The Balaban J connectivity index is 1.84. The van der Waals surface area contributed by atoms with E-state index in [-0.39, 0.29) is 11.9 Å². The summed E-state index contributed by atoms with van der Waals surface area (Å²) >= 11 is 7.42. The molecule has 0 spiro atoms. The molecule has 102 valence electrons. The molecule has 1 aromatic heterocycles. The second kappa shape index (κ2) is 5.52. The third-order valence-corrected chi connectivity index (χ3v) is 4.72. The molecule has 3 rings (SSSR count). The summed E-state index contributed by atoms with van der Waals surface area (Å²) in [6.45, 7) is 0. The zero-order valence-electron chi connectivity index (χ0n) is 10.6. The second-order valence-electron chi connectivity index (χ2n) is 4.77. The van der Waals surface area contributed by atoms with Crippen LogP contribution in [-0.2, 0) is 6.42 Å². The molecular formula is C16H13ClFNS. The van der Waals surface area contributed by atoms with Crippen LogP contribution in [-0.4, -0.2) is 0 Å². The van der Waals surface area contributed by atoms with E-state index in [1.165, 1.54) is 6.07 Å². The first-order valence-corrected chi connectivity index (χ1v) is 7.50. The molecule has 2 aromatic carbocycles. The van der Waals surface area contributed by atoms with Gasteiger partial charge in [0.05, 0.1) is 0 Å². The maximum atomic E-state index is 13.2. The van der Waals surface area contributed by atoms with E-state index >= 15 is 0 Å². The SMILES string of the molecule is NC(Cc1ccc(Cl)cc1)c1cc2ccc(F)cc2s1. The van der Waals surface area contributed by atoms with Crippen molar-refractivity contribution in [1.82, 2.24) is 0 Å². The number of rotatable bonds is 3. The van der Waals surface area contributed by atoms with Crippen molar-refractivity contribution in [2.45, 2.75) is 12.5 Å². The number of halogens is 2. The minimum absolute atomic E-state index is 0.0864. The first kappa shape index (κ1) is 13.6. The van der Waals surface area contributed by atoms with Crippen molar-refractivity contribution < 1.29 is 4.39 Å². The van der Waals surface area contributed by atoms with E-state index in [9.17, 15) is 4.39 Å². The average molecular weight is 306 g/mol. The smallest absolute Gasteiger partial charge is 0.124 e. The molecule has 0 saturated carbocycles. The molecule has 1 nitrogen and oxygen atoms in total. The molecule has 0 aliphatic heterocycles. The summed E-state index contributed by atoms with van der Waals surface area (Å²) < 4.78 is 14.1. The standard InChI is InChI=1S/C16H13ClFNS/c17-12-4-1-10(2-5-12)7-14(19)16-8-11-3-6-13(18)9-15(11)20-16/h1-6,8-9,14H,7,19H2. The van der Waals surface area contributed by atoms with Crippen molar-refractivity contribution in [2.24, 2.45) is 5.73 Å². The van der Waals surface area contributed by atoms with E-state index in [4.69, 9.17) is 17.3 Å². The van der Waals surface area contributed by atoms with Gasteiger partial charge in [-0.25, -0.2) is 4.39 Å². The molecule has 4 heteroatoms. The first-order chi connectivity index (χ1) is 9.61. The number of benzene rings is 2. The minimum Gasteiger partial charge on any atom is -0.323 e. The predicted molar refractivity (Wildman–Crippen MR) is 83.9 cm³/mol. The number of thiophene rings is 1. The molecule has 1 unspecified atom stereocenters. The van der Waals surface area contributed by atoms with Crippen LogP contribution in [0.1, 0.15) is 16.5 Å². The summed E-state index contributed by atoms with van der Waals surface area (Å²) in [6, 6.07) is 14.5. The molecule has 0 aliphatic carbocycles. The third kappa shape index (κ3) is 2.85. The summed E-state index contributed by atoms with van der Waals surface area (Å²) in [5.74, 6) is -0.211. The monoisotopic (exact) mass is 305 g/mol. The fraction of sp³-hybridized carbons (Fsp3) is 0.125. The fourth-order valence-corrected chi connectivity index (χ4v) is 3.40. The van der Waals surface area contributed by atoms with Crippen LogP contribution in [0.4, 0.5) is 4.39 Å². The van der Waals surface area contributed by atoms with E-state index in [0.717, 1.165) is 32.0 Å². The fourth-order valence-electron chi connectivity index (χ4n) is 2.18. The Hall–Kier alpha value is -1.42. The molecule has 0 radical (unpaired) electrons. The van der Waals surface area contributed by atoms with Gasteiger partial charge in [0.25, 0.3) is 0 Å². The lowest BCUT2D eigenvalue weighted by Crippen LogP contribution is -2.11. The van der Waals surface area contributed by atoms with Gasteiger partial charge in [0.2, 0.25) is 0 Å². The molecule has 0 fully saturated rings. The number of hydrogen-bond acceptors (Lipinski definition) is 2. The first-order valence-electron chi connectivity index (χ1n) is 6.31. The summed E-state index contributed by atoms with van der Waals surface area (Å²) in [4.78, 5) is 1.07. The third-order valence-electron chi connectivity index (χ3n) is 3.24. The molecule has 2 N–H and O–H groups in total. The summed E-state index contributed by atoms with van der Waals surface area (Å²) in [6.07, 6.45) is 0.743. The lowest BCUT2D eigenvalue weighted by Gasteiger charge is -2.09. The van der Waals surface area contributed by atoms with Crippen molar-refractivity contribution in [3.8, 4) is 0 Å². The van der Waals surface area contributed by atoms with Crippen LogP contribution >= 0.6 is 22.9 Å². The Labute approximate surface area is 125 Å². The molecule has 0 aliphatic rings. The summed E-state index contributed by atoms with van der Waals surface area (Å²) in [5, 5.41) is 1.76. The second-order valence-corrected chi connectivity index (χ2v) is 6.32. The predicted octanol–water partition coefficient (Wildman–Crippen LogP) is 4.94. The van der Waals surface area contributed by atoms with Gasteiger partial charge in [-0.3, -0.25) is 0 Å². The Morgan fingerprint density at radius 3 is 2.60 bits per heavy atom. The number of hydrogen-bond donors (Lipinski definition) is 1. The van der Waals surface area contributed by atoms with Crippen LogP contribution in [0.2, 0.25) is 5.02 Å². The molecular weight excluding hydrogens is 293 g/mol. The Bertz CT molecular complexity index is 736. The van der Waals surface area contributed by atoms with E-state index in [0.29, 0.717) is 0 Å². The number of nitrogens with two attached hydrogens (primary N) is 1. The maximum absolute atomic E-state index is 13.2. The van der Waals surface area contributed by atoms with Crippen LogP contribution in [0.5, 0.6) is 0 Å². The van der Waals surface area contributed by atoms with Crippen LogP contribution in [0.15, 0.2) is 48.5 Å². The van der Waals surface area contributed by atoms with Crippen molar-refractivity contribution in [3.63, 3.8) is 0 Å². The normalized spacial score (nSPS) is 12.8. The van der Waals surface area contributed by atoms with Gasteiger partial charge in [-0.2, -0.15) is 0 Å². The molecule has 20 heavy (non-hydrogen) atoms. The molecule has 3 aromatic rings. The van der Waals surface area contributed by atoms with Gasteiger partial charge in [0.15, 0.2) is 0 Å². The largest absolute Gasteiger partial charge is 0.323 e. The van der Waals surface area contributed by atoms with E-state index in [1.807, 2.05) is 30.3 Å². The van der Waals surface area contributed by atoms with Crippen LogP contribution in [0.25, 0.3) is 10.1 Å². The van der Waals surface area contributed by atoms with Gasteiger partial charge in [0, 0.05) is 20.6 Å². The van der Waals surface area contributed by atoms with Gasteiger partial charge in [-0.05, 0) is 47.7 Å². The summed E-state index contributed by atoms with van der Waals surface area (Å²) in [5.41, 5.74) is 7.39. The van der Waals surface area contributed by atoms with Crippen molar-refractivity contribution in [2.75, 3.05) is 0 Å².